The summed E-state index contributed by atoms with van der Waals surface area (Å²) in [5, 5.41) is 2.15. The van der Waals surface area contributed by atoms with E-state index in [1.807, 2.05) is 24.3 Å². The van der Waals surface area contributed by atoms with Crippen LogP contribution >= 0.6 is 11.8 Å². The molecule has 5 heteroatoms. The zero-order valence-corrected chi connectivity index (χ0v) is 11.9. The SMILES string of the molecule is CCOC(=O)C(C)(N)CSc1cc2ccccc2[nH]1. The molecule has 1 atom stereocenters. The predicted molar refractivity (Wildman–Crippen MR) is 78.2 cm³/mol. The second-order valence-corrected chi connectivity index (χ2v) is 5.66. The number of rotatable bonds is 5. The minimum absolute atomic E-state index is 0.350. The van der Waals surface area contributed by atoms with Crippen molar-refractivity contribution in [1.29, 1.82) is 0 Å². The molecule has 0 aliphatic rings. The topological polar surface area (TPSA) is 68.1 Å². The number of carbonyl (C=O) groups is 1. The van der Waals surface area contributed by atoms with E-state index >= 15 is 0 Å². The van der Waals surface area contributed by atoms with E-state index in [1.54, 1.807) is 13.8 Å². The van der Waals surface area contributed by atoms with Crippen LogP contribution in [0.2, 0.25) is 0 Å². The number of hydrogen-bond acceptors (Lipinski definition) is 4. The molecule has 102 valence electrons. The number of fused-ring (bicyclic) bond motifs is 1. The number of ether oxygens (including phenoxy) is 1. The Kier molecular flexibility index (Phi) is 4.17. The molecule has 0 fully saturated rings. The highest BCUT2D eigenvalue weighted by Gasteiger charge is 2.30. The Morgan fingerprint density at radius 3 is 2.89 bits per heavy atom. The highest BCUT2D eigenvalue weighted by molar-refractivity contribution is 7.99. The van der Waals surface area contributed by atoms with Gasteiger partial charge < -0.3 is 15.5 Å². The highest BCUT2D eigenvalue weighted by atomic mass is 32.2. The van der Waals surface area contributed by atoms with Crippen molar-refractivity contribution in [3.8, 4) is 0 Å². The van der Waals surface area contributed by atoms with Crippen LogP contribution in [0.15, 0.2) is 35.4 Å². The zero-order chi connectivity index (χ0) is 13.9. The van der Waals surface area contributed by atoms with Gasteiger partial charge in [0.2, 0.25) is 0 Å². The summed E-state index contributed by atoms with van der Waals surface area (Å²) in [5.41, 5.74) is 6.09. The number of thioether (sulfide) groups is 1. The van der Waals surface area contributed by atoms with Gasteiger partial charge in [-0.3, -0.25) is 4.79 Å². The van der Waals surface area contributed by atoms with Gasteiger partial charge in [-0.2, -0.15) is 0 Å². The van der Waals surface area contributed by atoms with E-state index in [2.05, 4.69) is 11.1 Å². The van der Waals surface area contributed by atoms with Crippen molar-refractivity contribution in [2.75, 3.05) is 12.4 Å². The molecular formula is C14H18N2O2S. The van der Waals surface area contributed by atoms with Crippen molar-refractivity contribution in [2.45, 2.75) is 24.4 Å². The number of aromatic amines is 1. The van der Waals surface area contributed by atoms with Crippen LogP contribution in [-0.2, 0) is 9.53 Å². The Morgan fingerprint density at radius 2 is 2.21 bits per heavy atom. The average molecular weight is 278 g/mol. The maximum Gasteiger partial charge on any atom is 0.326 e. The molecule has 1 unspecified atom stereocenters. The van der Waals surface area contributed by atoms with Gasteiger partial charge in [-0.25, -0.2) is 0 Å². The number of hydrogen-bond donors (Lipinski definition) is 2. The Labute approximate surface area is 116 Å². The summed E-state index contributed by atoms with van der Waals surface area (Å²) in [6, 6.07) is 10.1. The lowest BCUT2D eigenvalue weighted by molar-refractivity contribution is -0.148. The standard InChI is InChI=1S/C14H18N2O2S/c1-3-18-13(17)14(2,15)9-19-12-8-10-6-4-5-7-11(10)16-12/h4-8,16H,3,9,15H2,1-2H3. The Morgan fingerprint density at radius 1 is 1.47 bits per heavy atom. The summed E-state index contributed by atoms with van der Waals surface area (Å²) in [6.07, 6.45) is 0. The van der Waals surface area contributed by atoms with Gasteiger partial charge in [0.1, 0.15) is 5.54 Å². The molecular weight excluding hydrogens is 260 g/mol. The minimum Gasteiger partial charge on any atom is -0.465 e. The third kappa shape index (κ3) is 3.30. The van der Waals surface area contributed by atoms with E-state index in [1.165, 1.54) is 11.8 Å². The normalized spacial score (nSPS) is 14.3. The second-order valence-electron chi connectivity index (χ2n) is 4.65. The van der Waals surface area contributed by atoms with Gasteiger partial charge in [0.15, 0.2) is 0 Å². The molecule has 2 rings (SSSR count). The van der Waals surface area contributed by atoms with E-state index in [4.69, 9.17) is 10.5 Å². The Bertz CT molecular complexity index is 545. The fraction of sp³-hybridized carbons (Fsp3) is 0.357. The van der Waals surface area contributed by atoms with Crippen LogP contribution in [0.5, 0.6) is 0 Å². The van der Waals surface area contributed by atoms with Gasteiger partial charge in [-0.15, -0.1) is 11.8 Å². The number of aromatic nitrogens is 1. The fourth-order valence-electron chi connectivity index (χ4n) is 1.71. The summed E-state index contributed by atoms with van der Waals surface area (Å²) >= 11 is 1.53. The summed E-state index contributed by atoms with van der Waals surface area (Å²) in [6.45, 7) is 3.82. The molecule has 0 aliphatic carbocycles. The number of esters is 1. The van der Waals surface area contributed by atoms with Gasteiger partial charge in [0.25, 0.3) is 0 Å². The molecule has 0 amide bonds. The summed E-state index contributed by atoms with van der Waals surface area (Å²) < 4.78 is 4.97. The third-order valence-corrected chi connectivity index (χ3v) is 4.05. The van der Waals surface area contributed by atoms with E-state index < -0.39 is 5.54 Å². The summed E-state index contributed by atoms with van der Waals surface area (Å²) in [5.74, 6) is 0.108. The number of para-hydroxylation sites is 1. The molecule has 1 aromatic carbocycles. The largest absolute Gasteiger partial charge is 0.465 e. The molecule has 0 radical (unpaired) electrons. The van der Waals surface area contributed by atoms with Crippen LogP contribution in [0.1, 0.15) is 13.8 Å². The minimum atomic E-state index is -0.974. The lowest BCUT2D eigenvalue weighted by Gasteiger charge is -2.21. The van der Waals surface area contributed by atoms with Crippen molar-refractivity contribution in [1.82, 2.24) is 4.98 Å². The molecule has 0 bridgehead atoms. The third-order valence-electron chi connectivity index (χ3n) is 2.77. The molecule has 4 nitrogen and oxygen atoms in total. The number of carbonyl (C=O) groups excluding carboxylic acids is 1. The quantitative estimate of drug-likeness (QED) is 0.651. The number of nitrogens with one attached hydrogen (secondary N) is 1. The number of H-pyrrole nitrogens is 1. The van der Waals surface area contributed by atoms with Gasteiger partial charge in [0, 0.05) is 16.7 Å². The first kappa shape index (κ1) is 14.0. The van der Waals surface area contributed by atoms with E-state index in [-0.39, 0.29) is 5.97 Å². The van der Waals surface area contributed by atoms with Crippen molar-refractivity contribution in [2.24, 2.45) is 5.73 Å². The fourth-order valence-corrected chi connectivity index (χ4v) is 2.67. The van der Waals surface area contributed by atoms with Gasteiger partial charge in [0.05, 0.1) is 11.6 Å². The molecule has 3 N–H and O–H groups in total. The van der Waals surface area contributed by atoms with Gasteiger partial charge >= 0.3 is 5.97 Å². The number of benzene rings is 1. The lowest BCUT2D eigenvalue weighted by Crippen LogP contribution is -2.48. The molecule has 19 heavy (non-hydrogen) atoms. The van der Waals surface area contributed by atoms with Crippen molar-refractivity contribution in [3.63, 3.8) is 0 Å². The van der Waals surface area contributed by atoms with E-state index in [9.17, 15) is 4.79 Å². The summed E-state index contributed by atoms with van der Waals surface area (Å²) in [4.78, 5) is 15.0. The smallest absolute Gasteiger partial charge is 0.326 e. The Hall–Kier alpha value is -1.46. The Balaban J connectivity index is 2.03. The molecule has 0 saturated carbocycles. The molecule has 0 saturated heterocycles. The van der Waals surface area contributed by atoms with Crippen LogP contribution in [-0.4, -0.2) is 28.9 Å². The monoisotopic (exact) mass is 278 g/mol. The first-order chi connectivity index (χ1) is 9.03. The van der Waals surface area contributed by atoms with Gasteiger partial charge in [-0.05, 0) is 26.0 Å². The predicted octanol–water partition coefficient (Wildman–Crippen LogP) is 2.54. The van der Waals surface area contributed by atoms with E-state index in [0.29, 0.717) is 12.4 Å². The maximum atomic E-state index is 11.7. The highest BCUT2D eigenvalue weighted by Crippen LogP contribution is 2.25. The molecule has 0 aliphatic heterocycles. The molecule has 1 aromatic heterocycles. The lowest BCUT2D eigenvalue weighted by atomic mass is 10.1. The first-order valence-electron chi connectivity index (χ1n) is 6.19. The maximum absolute atomic E-state index is 11.7. The molecule has 2 aromatic rings. The van der Waals surface area contributed by atoms with Crippen molar-refractivity contribution < 1.29 is 9.53 Å². The van der Waals surface area contributed by atoms with Crippen LogP contribution < -0.4 is 5.73 Å². The zero-order valence-electron chi connectivity index (χ0n) is 11.1. The van der Waals surface area contributed by atoms with Crippen LogP contribution in [0, 0.1) is 0 Å². The van der Waals surface area contributed by atoms with E-state index in [0.717, 1.165) is 15.9 Å². The summed E-state index contributed by atoms with van der Waals surface area (Å²) in [7, 11) is 0. The van der Waals surface area contributed by atoms with Crippen molar-refractivity contribution >= 4 is 28.6 Å². The van der Waals surface area contributed by atoms with Crippen LogP contribution in [0.25, 0.3) is 10.9 Å². The molecule has 1 heterocycles. The van der Waals surface area contributed by atoms with Gasteiger partial charge in [-0.1, -0.05) is 18.2 Å². The molecule has 0 spiro atoms. The first-order valence-corrected chi connectivity index (χ1v) is 7.18. The average Bonchev–Trinajstić information content (AvgIpc) is 2.79. The number of nitrogens with two attached hydrogens (primary N) is 1. The second kappa shape index (κ2) is 5.67. The van der Waals surface area contributed by atoms with Crippen molar-refractivity contribution in [3.05, 3.63) is 30.3 Å². The van der Waals surface area contributed by atoms with Crippen LogP contribution in [0.3, 0.4) is 0 Å². The van der Waals surface area contributed by atoms with Crippen LogP contribution in [0.4, 0.5) is 0 Å².